The van der Waals surface area contributed by atoms with Crippen LogP contribution in [0.1, 0.15) is 23.1 Å². The maximum absolute atomic E-state index is 13.6. The highest BCUT2D eigenvalue weighted by atomic mass is 19.4. The van der Waals surface area contributed by atoms with Crippen molar-refractivity contribution < 1.29 is 31.1 Å². The summed E-state index contributed by atoms with van der Waals surface area (Å²) in [5.74, 6) is -3.77. The topological polar surface area (TPSA) is 55.1 Å². The summed E-state index contributed by atoms with van der Waals surface area (Å²) in [4.78, 5) is 11.8. The second-order valence-electron chi connectivity index (χ2n) is 6.33. The fourth-order valence-corrected chi connectivity index (χ4v) is 2.56. The number of alkyl halides is 3. The third kappa shape index (κ3) is 6.26. The van der Waals surface area contributed by atoms with Gasteiger partial charge in [-0.1, -0.05) is 12.1 Å². The zero-order valence-corrected chi connectivity index (χ0v) is 14.6. The van der Waals surface area contributed by atoms with Crippen LogP contribution in [-0.2, 0) is 23.8 Å². The molecule has 0 aromatic heterocycles. The van der Waals surface area contributed by atoms with Gasteiger partial charge in [-0.3, -0.25) is 4.79 Å². The van der Waals surface area contributed by atoms with Gasteiger partial charge in [0.2, 0.25) is 5.91 Å². The van der Waals surface area contributed by atoms with E-state index in [0.29, 0.717) is 11.6 Å². The molecule has 0 aliphatic heterocycles. The number of rotatable bonds is 7. The number of hydrogen-bond acceptors (Lipinski definition) is 2. The molecule has 0 fully saturated rings. The van der Waals surface area contributed by atoms with Gasteiger partial charge in [0.05, 0.1) is 12.0 Å². The van der Waals surface area contributed by atoms with Crippen LogP contribution in [0.5, 0.6) is 0 Å². The van der Waals surface area contributed by atoms with Crippen molar-refractivity contribution in [1.82, 2.24) is 5.32 Å². The van der Waals surface area contributed by atoms with E-state index < -0.39 is 41.1 Å². The molecule has 0 radical (unpaired) electrons. The molecule has 0 aliphatic carbocycles. The lowest BCUT2D eigenvalue weighted by atomic mass is 10.0. The highest BCUT2D eigenvalue weighted by Gasteiger charge is 2.29. The predicted molar refractivity (Wildman–Crippen MR) is 90.8 cm³/mol. The Morgan fingerprint density at radius 3 is 2.21 bits per heavy atom. The fraction of sp³-hybridized carbons (Fsp3) is 0.316. The van der Waals surface area contributed by atoms with Gasteiger partial charge in [0.25, 0.3) is 0 Å². The van der Waals surface area contributed by atoms with Crippen molar-refractivity contribution in [3.63, 3.8) is 0 Å². The number of nitrogens with two attached hydrogens (primary N) is 1. The molecule has 2 rings (SSSR count). The highest BCUT2D eigenvalue weighted by Crippen LogP contribution is 2.29. The minimum atomic E-state index is -4.44. The predicted octanol–water partition coefficient (Wildman–Crippen LogP) is 3.74. The zero-order valence-electron chi connectivity index (χ0n) is 14.6. The van der Waals surface area contributed by atoms with Crippen molar-refractivity contribution in [2.24, 2.45) is 5.73 Å². The molecular formula is C19H18F6N2O. The Labute approximate surface area is 157 Å². The average Bonchev–Trinajstić information content (AvgIpc) is 2.59. The third-order valence-electron chi connectivity index (χ3n) is 4.05. The molecule has 0 saturated carbocycles. The molecule has 3 N–H and O–H groups in total. The summed E-state index contributed by atoms with van der Waals surface area (Å²) in [5.41, 5.74) is 5.37. The number of nitrogens with one attached hydrogen (secondary N) is 1. The zero-order chi connectivity index (χ0) is 20.9. The van der Waals surface area contributed by atoms with Crippen molar-refractivity contribution in [2.45, 2.75) is 31.5 Å². The number of benzene rings is 2. The molecule has 152 valence electrons. The van der Waals surface area contributed by atoms with Crippen molar-refractivity contribution in [3.8, 4) is 0 Å². The molecule has 9 heteroatoms. The van der Waals surface area contributed by atoms with Crippen molar-refractivity contribution >= 4 is 5.91 Å². The number of amides is 1. The van der Waals surface area contributed by atoms with Crippen molar-refractivity contribution in [2.75, 3.05) is 6.54 Å². The van der Waals surface area contributed by atoms with E-state index in [0.717, 1.165) is 18.2 Å². The lowest BCUT2D eigenvalue weighted by molar-refractivity contribution is -0.137. The lowest BCUT2D eigenvalue weighted by Crippen LogP contribution is -2.32. The van der Waals surface area contributed by atoms with Crippen LogP contribution in [0.3, 0.4) is 0 Å². The smallest absolute Gasteiger partial charge is 0.356 e. The standard InChI is InChI=1S/C19H18F6N2O/c20-15-10-17(22)16(21)9-12(15)8-14(26)5-6-27-18(28)7-11-1-3-13(4-2-11)19(23,24)25/h1-4,9-10,14H,5-8,26H2,(H,27,28)/t14-/m0/s1. The summed E-state index contributed by atoms with van der Waals surface area (Å²) in [7, 11) is 0. The number of halogens is 6. The van der Waals surface area contributed by atoms with Crippen LogP contribution in [0, 0.1) is 17.5 Å². The van der Waals surface area contributed by atoms with Crippen LogP contribution in [0.2, 0.25) is 0 Å². The number of carbonyl (C=O) groups excluding carboxylic acids is 1. The first-order chi connectivity index (χ1) is 13.1. The largest absolute Gasteiger partial charge is 0.416 e. The van der Waals surface area contributed by atoms with Gasteiger partial charge >= 0.3 is 6.18 Å². The molecule has 0 aliphatic rings. The Morgan fingerprint density at radius 2 is 1.61 bits per heavy atom. The lowest BCUT2D eigenvalue weighted by Gasteiger charge is -2.13. The maximum Gasteiger partial charge on any atom is 0.416 e. The van der Waals surface area contributed by atoms with E-state index in [9.17, 15) is 31.1 Å². The van der Waals surface area contributed by atoms with Crippen LogP contribution in [0.25, 0.3) is 0 Å². The van der Waals surface area contributed by atoms with E-state index in [1.165, 1.54) is 12.1 Å². The normalized spacial score (nSPS) is 12.7. The van der Waals surface area contributed by atoms with Gasteiger partial charge < -0.3 is 11.1 Å². The summed E-state index contributed by atoms with van der Waals surface area (Å²) >= 11 is 0. The molecular weight excluding hydrogens is 386 g/mol. The van der Waals surface area contributed by atoms with Crippen LogP contribution >= 0.6 is 0 Å². The quantitative estimate of drug-likeness (QED) is 0.546. The minimum Gasteiger partial charge on any atom is -0.356 e. The Hall–Kier alpha value is -2.55. The molecule has 0 unspecified atom stereocenters. The Kier molecular flexibility index (Phi) is 7.06. The molecule has 1 amide bonds. The van der Waals surface area contributed by atoms with E-state index in [-0.39, 0.29) is 31.4 Å². The molecule has 3 nitrogen and oxygen atoms in total. The van der Waals surface area contributed by atoms with Crippen LogP contribution < -0.4 is 11.1 Å². The maximum atomic E-state index is 13.6. The van der Waals surface area contributed by atoms with E-state index >= 15 is 0 Å². The number of hydrogen-bond donors (Lipinski definition) is 2. The molecule has 0 heterocycles. The molecule has 1 atom stereocenters. The summed E-state index contributed by atoms with van der Waals surface area (Å²) in [6.07, 6.45) is -4.34. The van der Waals surface area contributed by atoms with Gasteiger partial charge in [-0.15, -0.1) is 0 Å². The SMILES string of the molecule is N[C@@H](CCNC(=O)Cc1ccc(C(F)(F)F)cc1)Cc1cc(F)c(F)cc1F. The van der Waals surface area contributed by atoms with E-state index in [4.69, 9.17) is 5.73 Å². The van der Waals surface area contributed by atoms with Gasteiger partial charge in [-0.25, -0.2) is 13.2 Å². The Morgan fingerprint density at radius 1 is 1.00 bits per heavy atom. The Balaban J connectivity index is 1.78. The summed E-state index contributed by atoms with van der Waals surface area (Å²) in [6.45, 7) is 0.145. The second-order valence-corrected chi connectivity index (χ2v) is 6.33. The molecule has 0 saturated heterocycles. The van der Waals surface area contributed by atoms with E-state index in [1.54, 1.807) is 0 Å². The van der Waals surface area contributed by atoms with Crippen LogP contribution in [0.15, 0.2) is 36.4 Å². The third-order valence-corrected chi connectivity index (χ3v) is 4.05. The molecule has 2 aromatic carbocycles. The monoisotopic (exact) mass is 404 g/mol. The molecule has 0 spiro atoms. The first-order valence-electron chi connectivity index (χ1n) is 8.38. The first kappa shape index (κ1) is 21.7. The first-order valence-corrected chi connectivity index (χ1v) is 8.38. The average molecular weight is 404 g/mol. The second kappa shape index (κ2) is 9.09. The number of carbonyl (C=O) groups is 1. The fourth-order valence-electron chi connectivity index (χ4n) is 2.56. The summed E-state index contributed by atoms with van der Waals surface area (Å²) < 4.78 is 77.1. The van der Waals surface area contributed by atoms with E-state index in [2.05, 4.69) is 5.32 Å². The van der Waals surface area contributed by atoms with Crippen molar-refractivity contribution in [1.29, 1.82) is 0 Å². The van der Waals surface area contributed by atoms with Gasteiger partial charge in [0, 0.05) is 18.7 Å². The molecule has 0 bridgehead atoms. The van der Waals surface area contributed by atoms with Crippen LogP contribution in [-0.4, -0.2) is 18.5 Å². The van der Waals surface area contributed by atoms with Gasteiger partial charge in [0.1, 0.15) is 5.82 Å². The van der Waals surface area contributed by atoms with Gasteiger partial charge in [-0.2, -0.15) is 13.2 Å². The van der Waals surface area contributed by atoms with Crippen molar-refractivity contribution in [3.05, 3.63) is 70.5 Å². The van der Waals surface area contributed by atoms with Gasteiger partial charge in [0.15, 0.2) is 11.6 Å². The van der Waals surface area contributed by atoms with E-state index in [1.807, 2.05) is 0 Å². The molecule has 28 heavy (non-hydrogen) atoms. The summed E-state index contributed by atoms with van der Waals surface area (Å²) in [5, 5.41) is 2.56. The van der Waals surface area contributed by atoms with Gasteiger partial charge in [-0.05, 0) is 42.2 Å². The molecule has 2 aromatic rings. The Bertz CT molecular complexity index is 820. The summed E-state index contributed by atoms with van der Waals surface area (Å²) in [6, 6.07) is 4.83. The highest BCUT2D eigenvalue weighted by molar-refractivity contribution is 5.78. The van der Waals surface area contributed by atoms with Crippen LogP contribution in [0.4, 0.5) is 26.3 Å². The minimum absolute atomic E-state index is 0.0438.